The Hall–Kier alpha value is -6.71. The Morgan fingerprint density at radius 3 is 1.96 bits per heavy atom. The number of rotatable bonds is 2. The van der Waals surface area contributed by atoms with Crippen LogP contribution in [0.15, 0.2) is 175 Å². The second-order valence-corrected chi connectivity index (χ2v) is 13.9. The molecule has 0 radical (unpaired) electrons. The highest BCUT2D eigenvalue weighted by molar-refractivity contribution is 6.39. The molecular formula is C48H29N3. The molecule has 236 valence electrons. The second-order valence-electron chi connectivity index (χ2n) is 13.9. The summed E-state index contributed by atoms with van der Waals surface area (Å²) < 4.78 is 4.96. The van der Waals surface area contributed by atoms with E-state index < -0.39 is 0 Å². The zero-order valence-corrected chi connectivity index (χ0v) is 27.6. The molecule has 3 nitrogen and oxygen atoms in total. The number of aliphatic imine (C=N–C) groups is 1. The van der Waals surface area contributed by atoms with Gasteiger partial charge in [-0.25, -0.2) is 0 Å². The molecule has 1 aliphatic rings. The number of benzene rings is 8. The highest BCUT2D eigenvalue weighted by Gasteiger charge is 2.31. The van der Waals surface area contributed by atoms with Crippen LogP contribution in [0.1, 0.15) is 22.7 Å². The van der Waals surface area contributed by atoms with E-state index in [1.165, 1.54) is 98.5 Å². The van der Waals surface area contributed by atoms with Crippen molar-refractivity contribution in [2.24, 2.45) is 4.99 Å². The minimum absolute atomic E-state index is 0.0947. The Morgan fingerprint density at radius 1 is 0.431 bits per heavy atom. The smallest absolute Gasteiger partial charge is 0.141 e. The van der Waals surface area contributed by atoms with Crippen molar-refractivity contribution < 1.29 is 0 Å². The molecule has 0 aliphatic carbocycles. The Kier molecular flexibility index (Phi) is 5.29. The molecule has 11 aromatic rings. The van der Waals surface area contributed by atoms with Gasteiger partial charge in [0, 0.05) is 37.9 Å². The SMILES string of the molecule is c1ccc(-c2ccc(C3N=C(n4c5ccccc5c5c6c7c8ccccc8ccc7n7c8ccccc8c(cc54)c67)c4ccccc43)cc2)cc1. The molecule has 1 atom stereocenters. The lowest BCUT2D eigenvalue weighted by atomic mass is 9.95. The van der Waals surface area contributed by atoms with Gasteiger partial charge in [0.25, 0.3) is 0 Å². The van der Waals surface area contributed by atoms with E-state index in [9.17, 15) is 0 Å². The Bertz CT molecular complexity index is 3230. The van der Waals surface area contributed by atoms with Crippen LogP contribution in [-0.2, 0) is 0 Å². The average molecular weight is 648 g/mol. The Balaban J connectivity index is 1.20. The topological polar surface area (TPSA) is 21.7 Å². The van der Waals surface area contributed by atoms with Gasteiger partial charge in [-0.15, -0.1) is 0 Å². The normalized spacial score (nSPS) is 14.6. The van der Waals surface area contributed by atoms with Crippen molar-refractivity contribution in [3.8, 4) is 11.1 Å². The predicted molar refractivity (Wildman–Crippen MR) is 214 cm³/mol. The molecule has 4 heterocycles. The molecule has 8 aromatic carbocycles. The standard InChI is InChI=1S/C48H29N3/c1-2-12-29(13-3-1)30-22-24-32(25-23-30)46-35-17-6-7-18-36(35)48(49-46)51-40-21-11-9-19-37(40)44-42(51)28-38-34-16-8-10-20-39(34)50-41-27-26-31-14-4-5-15-33(31)43(41)45(44)47(38)50/h1-28,46H. The van der Waals surface area contributed by atoms with Gasteiger partial charge < -0.3 is 4.40 Å². The number of para-hydroxylation sites is 2. The maximum atomic E-state index is 5.64. The molecule has 51 heavy (non-hydrogen) atoms. The molecule has 0 amide bonds. The van der Waals surface area contributed by atoms with Gasteiger partial charge in [-0.05, 0) is 57.3 Å². The van der Waals surface area contributed by atoms with E-state index in [-0.39, 0.29) is 6.04 Å². The van der Waals surface area contributed by atoms with Gasteiger partial charge >= 0.3 is 0 Å². The summed E-state index contributed by atoms with van der Waals surface area (Å²) in [6.07, 6.45) is 0. The van der Waals surface area contributed by atoms with E-state index in [1.807, 2.05) is 0 Å². The number of hydrogen-bond acceptors (Lipinski definition) is 1. The molecule has 0 saturated heterocycles. The Morgan fingerprint density at radius 2 is 1.10 bits per heavy atom. The van der Waals surface area contributed by atoms with Crippen molar-refractivity contribution in [3.05, 3.63) is 187 Å². The maximum Gasteiger partial charge on any atom is 0.141 e. The molecule has 0 spiro atoms. The molecule has 1 aliphatic heterocycles. The first-order chi connectivity index (χ1) is 25.3. The summed E-state index contributed by atoms with van der Waals surface area (Å²) in [6, 6.07) is 61.9. The minimum Gasteiger partial charge on any atom is -0.308 e. The van der Waals surface area contributed by atoms with E-state index >= 15 is 0 Å². The van der Waals surface area contributed by atoms with Gasteiger partial charge in [0.2, 0.25) is 0 Å². The minimum atomic E-state index is -0.0947. The van der Waals surface area contributed by atoms with Crippen molar-refractivity contribution >= 4 is 76.5 Å². The first-order valence-corrected chi connectivity index (χ1v) is 17.7. The lowest BCUT2D eigenvalue weighted by molar-refractivity contribution is 0.893. The predicted octanol–water partition coefficient (Wildman–Crippen LogP) is 12.2. The zero-order chi connectivity index (χ0) is 33.2. The highest BCUT2D eigenvalue weighted by Crippen LogP contribution is 2.48. The van der Waals surface area contributed by atoms with E-state index in [4.69, 9.17) is 4.99 Å². The van der Waals surface area contributed by atoms with Gasteiger partial charge in [-0.3, -0.25) is 9.56 Å². The third-order valence-corrected chi connectivity index (χ3v) is 11.3. The van der Waals surface area contributed by atoms with Gasteiger partial charge in [-0.1, -0.05) is 146 Å². The van der Waals surface area contributed by atoms with Crippen LogP contribution in [-0.4, -0.2) is 14.8 Å². The lowest BCUT2D eigenvalue weighted by Crippen LogP contribution is -2.11. The van der Waals surface area contributed by atoms with Gasteiger partial charge in [0.1, 0.15) is 11.9 Å². The van der Waals surface area contributed by atoms with Crippen LogP contribution in [0, 0.1) is 0 Å². The summed E-state index contributed by atoms with van der Waals surface area (Å²) in [5.41, 5.74) is 12.2. The summed E-state index contributed by atoms with van der Waals surface area (Å²) in [6.45, 7) is 0. The molecule has 12 rings (SSSR count). The average Bonchev–Trinajstić information content (AvgIpc) is 3.94. The second kappa shape index (κ2) is 9.93. The van der Waals surface area contributed by atoms with E-state index in [2.05, 4.69) is 179 Å². The summed E-state index contributed by atoms with van der Waals surface area (Å²) in [5.74, 6) is 1.00. The molecule has 3 heteroatoms. The quantitative estimate of drug-likeness (QED) is 0.178. The number of nitrogens with zero attached hydrogens (tertiary/aromatic N) is 3. The van der Waals surface area contributed by atoms with Gasteiger partial charge in [0.15, 0.2) is 0 Å². The Labute approximate surface area is 293 Å². The largest absolute Gasteiger partial charge is 0.308 e. The van der Waals surface area contributed by atoms with Crippen molar-refractivity contribution in [1.82, 2.24) is 8.97 Å². The summed E-state index contributed by atoms with van der Waals surface area (Å²) in [7, 11) is 0. The number of aromatic nitrogens is 2. The van der Waals surface area contributed by atoms with Crippen LogP contribution < -0.4 is 0 Å². The molecule has 0 saturated carbocycles. The molecule has 3 aromatic heterocycles. The van der Waals surface area contributed by atoms with E-state index in [0.717, 1.165) is 5.84 Å². The fraction of sp³-hybridized carbons (Fsp3) is 0.0208. The first kappa shape index (κ1) is 27.2. The molecule has 1 unspecified atom stereocenters. The lowest BCUT2D eigenvalue weighted by Gasteiger charge is -2.11. The molecular weight excluding hydrogens is 619 g/mol. The maximum absolute atomic E-state index is 5.64. The fourth-order valence-corrected chi connectivity index (χ4v) is 9.12. The molecule has 0 bridgehead atoms. The van der Waals surface area contributed by atoms with Crippen LogP contribution >= 0.6 is 0 Å². The van der Waals surface area contributed by atoms with E-state index in [0.29, 0.717) is 0 Å². The highest BCUT2D eigenvalue weighted by atomic mass is 15.1. The van der Waals surface area contributed by atoms with Crippen molar-refractivity contribution in [2.45, 2.75) is 6.04 Å². The van der Waals surface area contributed by atoms with Crippen LogP contribution in [0.5, 0.6) is 0 Å². The van der Waals surface area contributed by atoms with Crippen LogP contribution in [0.25, 0.3) is 81.8 Å². The van der Waals surface area contributed by atoms with Gasteiger partial charge in [0.05, 0.1) is 27.6 Å². The van der Waals surface area contributed by atoms with Crippen LogP contribution in [0.4, 0.5) is 0 Å². The fourth-order valence-electron chi connectivity index (χ4n) is 9.12. The summed E-state index contributed by atoms with van der Waals surface area (Å²) in [4.78, 5) is 5.64. The van der Waals surface area contributed by atoms with Crippen LogP contribution in [0.2, 0.25) is 0 Å². The zero-order valence-electron chi connectivity index (χ0n) is 27.6. The van der Waals surface area contributed by atoms with Crippen LogP contribution in [0.3, 0.4) is 0 Å². The van der Waals surface area contributed by atoms with Crippen molar-refractivity contribution in [1.29, 1.82) is 0 Å². The van der Waals surface area contributed by atoms with Crippen molar-refractivity contribution in [2.75, 3.05) is 0 Å². The third-order valence-electron chi connectivity index (χ3n) is 11.3. The first-order valence-electron chi connectivity index (χ1n) is 17.7. The van der Waals surface area contributed by atoms with Gasteiger partial charge in [-0.2, -0.15) is 0 Å². The monoisotopic (exact) mass is 647 g/mol. The molecule has 0 fully saturated rings. The molecule has 0 N–H and O–H groups in total. The number of fused-ring (bicyclic) bond motifs is 13. The summed E-state index contributed by atoms with van der Waals surface area (Å²) >= 11 is 0. The number of hydrogen-bond donors (Lipinski definition) is 0. The van der Waals surface area contributed by atoms with E-state index in [1.54, 1.807) is 0 Å². The third kappa shape index (κ3) is 3.54. The summed E-state index contributed by atoms with van der Waals surface area (Å²) in [5, 5.41) is 10.3. The van der Waals surface area contributed by atoms with Crippen molar-refractivity contribution in [3.63, 3.8) is 0 Å².